The molecule has 0 bridgehead atoms. The number of benzene rings is 1. The fourth-order valence-corrected chi connectivity index (χ4v) is 3.76. The van der Waals surface area contributed by atoms with Crippen molar-refractivity contribution in [1.82, 2.24) is 4.90 Å². The van der Waals surface area contributed by atoms with Crippen LogP contribution in [0.2, 0.25) is 0 Å². The molecular formula is C21H27N3O6. The Morgan fingerprint density at radius 2 is 1.80 bits per heavy atom. The number of aliphatic hydroxyl groups excluding tert-OH is 1. The fraction of sp³-hybridized carbons (Fsp3) is 0.476. The average Bonchev–Trinajstić information content (AvgIpc) is 3.09. The number of nitrogens with zero attached hydrogens (tertiary/aromatic N) is 2. The molecule has 2 N–H and O–H groups in total. The van der Waals surface area contributed by atoms with Crippen LogP contribution >= 0.6 is 0 Å². The van der Waals surface area contributed by atoms with Gasteiger partial charge in [-0.2, -0.15) is 0 Å². The van der Waals surface area contributed by atoms with Crippen molar-refractivity contribution in [3.63, 3.8) is 0 Å². The number of rotatable bonds is 7. The van der Waals surface area contributed by atoms with Crippen LogP contribution in [0.4, 0.5) is 11.4 Å². The van der Waals surface area contributed by atoms with Crippen LogP contribution < -0.4 is 10.2 Å². The Kier molecular flexibility index (Phi) is 6.94. The van der Waals surface area contributed by atoms with Gasteiger partial charge >= 0.3 is 11.9 Å². The van der Waals surface area contributed by atoms with E-state index in [1.807, 2.05) is 0 Å². The minimum atomic E-state index is -0.600. The molecule has 3 rings (SSSR count). The summed E-state index contributed by atoms with van der Waals surface area (Å²) in [6.45, 7) is 1.62. The van der Waals surface area contributed by atoms with E-state index >= 15 is 0 Å². The third-order valence-corrected chi connectivity index (χ3v) is 5.33. The van der Waals surface area contributed by atoms with Crippen molar-refractivity contribution >= 4 is 29.2 Å². The summed E-state index contributed by atoms with van der Waals surface area (Å²) in [4.78, 5) is 40.7. The lowest BCUT2D eigenvalue weighted by Crippen LogP contribution is -2.32. The molecule has 0 saturated carbocycles. The highest BCUT2D eigenvalue weighted by molar-refractivity contribution is 6.09. The van der Waals surface area contributed by atoms with Crippen LogP contribution in [0.25, 0.3) is 0 Å². The fourth-order valence-electron chi connectivity index (χ4n) is 3.76. The molecule has 1 fully saturated rings. The normalized spacial score (nSPS) is 16.7. The molecule has 9 heteroatoms. The van der Waals surface area contributed by atoms with Gasteiger partial charge < -0.3 is 29.7 Å². The minimum Gasteiger partial charge on any atom is -0.466 e. The molecule has 2 aliphatic rings. The summed E-state index contributed by atoms with van der Waals surface area (Å²) >= 11 is 0. The van der Waals surface area contributed by atoms with Crippen LogP contribution in [0.3, 0.4) is 0 Å². The summed E-state index contributed by atoms with van der Waals surface area (Å²) in [6, 6.07) is 5.06. The number of carbonyl (C=O) groups excluding carboxylic acids is 3. The Bertz CT molecular complexity index is 860. The zero-order chi connectivity index (χ0) is 21.7. The number of nitrogens with one attached hydrogen (secondary N) is 1. The number of piperidine rings is 1. The number of ether oxygens (including phenoxy) is 2. The number of aliphatic hydroxyl groups is 1. The van der Waals surface area contributed by atoms with Gasteiger partial charge in [-0.05, 0) is 37.5 Å². The maximum atomic E-state index is 12.8. The number of β-amino-alcohol motifs (C(OH)–C–C–N with tert-alkyl or cyclic N) is 1. The van der Waals surface area contributed by atoms with Gasteiger partial charge in [0.15, 0.2) is 0 Å². The number of hydrogen-bond acceptors (Lipinski definition) is 8. The van der Waals surface area contributed by atoms with Gasteiger partial charge in [0, 0.05) is 19.6 Å². The Morgan fingerprint density at radius 3 is 2.43 bits per heavy atom. The van der Waals surface area contributed by atoms with E-state index in [2.05, 4.69) is 10.2 Å². The van der Waals surface area contributed by atoms with Gasteiger partial charge in [0.2, 0.25) is 0 Å². The van der Waals surface area contributed by atoms with Gasteiger partial charge in [0.25, 0.3) is 5.91 Å². The second kappa shape index (κ2) is 9.62. The summed E-state index contributed by atoms with van der Waals surface area (Å²) in [7, 11) is 2.59. The maximum absolute atomic E-state index is 12.8. The third-order valence-electron chi connectivity index (χ3n) is 5.33. The summed E-state index contributed by atoms with van der Waals surface area (Å²) < 4.78 is 9.68. The number of methoxy groups -OCH3 is 2. The monoisotopic (exact) mass is 417 g/mol. The first-order valence-corrected chi connectivity index (χ1v) is 9.96. The van der Waals surface area contributed by atoms with Crippen molar-refractivity contribution in [2.75, 3.05) is 57.2 Å². The SMILES string of the molecule is COC(=O)C1=C(Nc2ccc(C(=O)OC)cc2N2CCCCC2)C(=O)N(CCO)C1. The predicted octanol–water partition coefficient (Wildman–Crippen LogP) is 1.14. The highest BCUT2D eigenvalue weighted by atomic mass is 16.5. The van der Waals surface area contributed by atoms with Gasteiger partial charge in [-0.15, -0.1) is 0 Å². The van der Waals surface area contributed by atoms with Gasteiger partial charge in [0.05, 0.1) is 49.9 Å². The van der Waals surface area contributed by atoms with E-state index in [9.17, 15) is 19.5 Å². The predicted molar refractivity (Wildman–Crippen MR) is 110 cm³/mol. The number of carbonyl (C=O) groups is 3. The second-order valence-corrected chi connectivity index (χ2v) is 7.19. The van der Waals surface area contributed by atoms with Crippen molar-refractivity contribution in [3.05, 3.63) is 35.0 Å². The Balaban J connectivity index is 1.99. The highest BCUT2D eigenvalue weighted by Gasteiger charge is 2.35. The Morgan fingerprint density at radius 1 is 1.10 bits per heavy atom. The topological polar surface area (TPSA) is 108 Å². The first kappa shape index (κ1) is 21.6. The van der Waals surface area contributed by atoms with Crippen LogP contribution in [-0.2, 0) is 19.1 Å². The van der Waals surface area contributed by atoms with Crippen LogP contribution in [-0.4, -0.2) is 74.9 Å². The molecule has 9 nitrogen and oxygen atoms in total. The second-order valence-electron chi connectivity index (χ2n) is 7.19. The van der Waals surface area contributed by atoms with Gasteiger partial charge in [0.1, 0.15) is 5.70 Å². The summed E-state index contributed by atoms with van der Waals surface area (Å²) in [5.41, 5.74) is 2.12. The largest absolute Gasteiger partial charge is 0.466 e. The molecule has 1 aromatic carbocycles. The van der Waals surface area contributed by atoms with Crippen molar-refractivity contribution in [3.8, 4) is 0 Å². The van der Waals surface area contributed by atoms with Gasteiger partial charge in [-0.25, -0.2) is 9.59 Å². The number of hydrogen-bond donors (Lipinski definition) is 2. The Hall–Kier alpha value is -3.07. The molecule has 30 heavy (non-hydrogen) atoms. The summed E-state index contributed by atoms with van der Waals surface area (Å²) in [5, 5.41) is 12.3. The van der Waals surface area contributed by atoms with Crippen LogP contribution in [0.1, 0.15) is 29.6 Å². The number of anilines is 2. The molecule has 1 saturated heterocycles. The quantitative estimate of drug-likeness (QED) is 0.636. The molecule has 0 unspecified atom stereocenters. The van der Waals surface area contributed by atoms with E-state index in [1.54, 1.807) is 18.2 Å². The maximum Gasteiger partial charge on any atom is 0.337 e. The molecule has 0 aliphatic carbocycles. The van der Waals surface area contributed by atoms with E-state index in [0.717, 1.165) is 38.0 Å². The van der Waals surface area contributed by atoms with Crippen molar-refractivity contribution in [2.45, 2.75) is 19.3 Å². The lowest BCUT2D eigenvalue weighted by atomic mass is 10.1. The average molecular weight is 417 g/mol. The molecule has 2 heterocycles. The van der Waals surface area contributed by atoms with Crippen molar-refractivity contribution in [2.24, 2.45) is 0 Å². The van der Waals surface area contributed by atoms with Crippen molar-refractivity contribution < 1.29 is 29.0 Å². The zero-order valence-electron chi connectivity index (χ0n) is 17.3. The van der Waals surface area contributed by atoms with Gasteiger partial charge in [-0.3, -0.25) is 4.79 Å². The first-order valence-electron chi connectivity index (χ1n) is 9.96. The van der Waals surface area contributed by atoms with Crippen LogP contribution in [0, 0.1) is 0 Å². The molecule has 162 valence electrons. The molecule has 0 aromatic heterocycles. The summed E-state index contributed by atoms with van der Waals surface area (Å²) in [5.74, 6) is -1.43. The van der Waals surface area contributed by atoms with Gasteiger partial charge in [-0.1, -0.05) is 0 Å². The molecule has 0 atom stereocenters. The molecule has 1 amide bonds. The summed E-state index contributed by atoms with van der Waals surface area (Å²) in [6.07, 6.45) is 3.20. The molecule has 1 aromatic rings. The smallest absolute Gasteiger partial charge is 0.337 e. The van der Waals surface area contributed by atoms with E-state index in [1.165, 1.54) is 19.1 Å². The van der Waals surface area contributed by atoms with E-state index in [0.29, 0.717) is 11.3 Å². The molecular weight excluding hydrogens is 390 g/mol. The van der Waals surface area contributed by atoms with E-state index in [-0.39, 0.29) is 36.9 Å². The zero-order valence-corrected chi connectivity index (χ0v) is 17.3. The highest BCUT2D eigenvalue weighted by Crippen LogP contribution is 2.33. The minimum absolute atomic E-state index is 0.0632. The molecule has 0 radical (unpaired) electrons. The first-order chi connectivity index (χ1) is 14.5. The van der Waals surface area contributed by atoms with Crippen molar-refractivity contribution in [1.29, 1.82) is 0 Å². The lowest BCUT2D eigenvalue weighted by molar-refractivity contribution is -0.136. The number of esters is 2. The lowest BCUT2D eigenvalue weighted by Gasteiger charge is -2.31. The van der Waals surface area contributed by atoms with E-state index in [4.69, 9.17) is 9.47 Å². The van der Waals surface area contributed by atoms with E-state index < -0.39 is 11.9 Å². The molecule has 2 aliphatic heterocycles. The van der Waals surface area contributed by atoms with Crippen LogP contribution in [0.15, 0.2) is 29.5 Å². The Labute approximate surface area is 175 Å². The standard InChI is InChI=1S/C21H27N3O6/c1-29-20(27)14-6-7-16(17(12-14)23-8-4-3-5-9-23)22-18-15(21(28)30-2)13-24(10-11-25)19(18)26/h6-7,12,22,25H,3-5,8-11,13H2,1-2H3. The molecule has 0 spiro atoms. The van der Waals surface area contributed by atoms with Crippen LogP contribution in [0.5, 0.6) is 0 Å². The third kappa shape index (κ3) is 4.40. The number of amides is 1.